The second kappa shape index (κ2) is 7.07. The van der Waals surface area contributed by atoms with Crippen LogP contribution in [0.15, 0.2) is 36.4 Å². The summed E-state index contributed by atoms with van der Waals surface area (Å²) in [5.74, 6) is -1.72. The monoisotopic (exact) mass is 343 g/mol. The standard InChI is InChI=1S/C16H13Cl2F2NO/c1-9(11-6-5-10(19)7-15(11)20)21-16(22)8-12-13(17)3-2-4-14(12)18/h2-7,9H,8H2,1H3,(H,21,22)/t9-/m1/s1. The maximum atomic E-state index is 13.7. The van der Waals surface area contributed by atoms with E-state index in [1.165, 1.54) is 6.07 Å². The van der Waals surface area contributed by atoms with Crippen molar-refractivity contribution >= 4 is 29.1 Å². The first kappa shape index (κ1) is 16.7. The van der Waals surface area contributed by atoms with Crippen molar-refractivity contribution in [2.75, 3.05) is 0 Å². The fourth-order valence-electron chi connectivity index (χ4n) is 2.08. The van der Waals surface area contributed by atoms with Crippen molar-refractivity contribution in [1.82, 2.24) is 5.32 Å². The highest BCUT2D eigenvalue weighted by molar-refractivity contribution is 6.36. The zero-order chi connectivity index (χ0) is 16.3. The predicted molar refractivity (Wildman–Crippen MR) is 83.1 cm³/mol. The van der Waals surface area contributed by atoms with Gasteiger partial charge in [-0.3, -0.25) is 4.79 Å². The molecular formula is C16H13Cl2F2NO. The lowest BCUT2D eigenvalue weighted by Crippen LogP contribution is -2.28. The highest BCUT2D eigenvalue weighted by Crippen LogP contribution is 2.25. The maximum Gasteiger partial charge on any atom is 0.225 e. The molecular weight excluding hydrogens is 331 g/mol. The SMILES string of the molecule is C[C@@H](NC(=O)Cc1c(Cl)cccc1Cl)c1ccc(F)cc1F. The first-order chi connectivity index (χ1) is 10.4. The minimum Gasteiger partial charge on any atom is -0.349 e. The molecule has 0 saturated carbocycles. The van der Waals surface area contributed by atoms with Gasteiger partial charge in [0.1, 0.15) is 11.6 Å². The number of hydrogen-bond acceptors (Lipinski definition) is 1. The molecule has 1 amide bonds. The Labute approximate surface area is 137 Å². The molecule has 0 saturated heterocycles. The molecule has 6 heteroatoms. The van der Waals surface area contributed by atoms with Gasteiger partial charge >= 0.3 is 0 Å². The summed E-state index contributed by atoms with van der Waals surface area (Å²) in [6.45, 7) is 1.61. The molecule has 0 aromatic heterocycles. The van der Waals surface area contributed by atoms with Crippen LogP contribution >= 0.6 is 23.2 Å². The number of carbonyl (C=O) groups excluding carboxylic acids is 1. The quantitative estimate of drug-likeness (QED) is 0.857. The molecule has 1 N–H and O–H groups in total. The van der Waals surface area contributed by atoms with Crippen molar-refractivity contribution in [3.8, 4) is 0 Å². The Kier molecular flexibility index (Phi) is 5.37. The summed E-state index contributed by atoms with van der Waals surface area (Å²) in [5.41, 5.74) is 0.718. The highest BCUT2D eigenvalue weighted by Gasteiger charge is 2.16. The van der Waals surface area contributed by atoms with E-state index in [9.17, 15) is 13.6 Å². The normalized spacial score (nSPS) is 12.0. The van der Waals surface area contributed by atoms with E-state index in [0.717, 1.165) is 12.1 Å². The number of rotatable bonds is 4. The second-order valence-corrected chi connectivity index (χ2v) is 5.65. The van der Waals surface area contributed by atoms with E-state index in [2.05, 4.69) is 5.32 Å². The molecule has 0 aliphatic heterocycles. The molecule has 0 bridgehead atoms. The summed E-state index contributed by atoms with van der Waals surface area (Å²) in [5, 5.41) is 3.42. The van der Waals surface area contributed by atoms with Crippen LogP contribution in [0.2, 0.25) is 10.0 Å². The van der Waals surface area contributed by atoms with Gasteiger partial charge in [-0.1, -0.05) is 35.3 Å². The molecule has 0 spiro atoms. The van der Waals surface area contributed by atoms with Gasteiger partial charge in [-0.05, 0) is 30.7 Å². The minimum absolute atomic E-state index is 0.0222. The molecule has 0 unspecified atom stereocenters. The summed E-state index contributed by atoms with van der Waals surface area (Å²) >= 11 is 12.0. The third-order valence-electron chi connectivity index (χ3n) is 3.21. The molecule has 0 heterocycles. The summed E-state index contributed by atoms with van der Waals surface area (Å²) in [4.78, 5) is 12.1. The number of carbonyl (C=O) groups is 1. The van der Waals surface area contributed by atoms with E-state index < -0.39 is 17.7 Å². The van der Waals surface area contributed by atoms with Crippen LogP contribution in [0.25, 0.3) is 0 Å². The summed E-state index contributed by atoms with van der Waals surface area (Å²) in [7, 11) is 0. The fourth-order valence-corrected chi connectivity index (χ4v) is 2.62. The number of amides is 1. The van der Waals surface area contributed by atoms with Crippen LogP contribution in [-0.4, -0.2) is 5.91 Å². The van der Waals surface area contributed by atoms with E-state index in [4.69, 9.17) is 23.2 Å². The second-order valence-electron chi connectivity index (χ2n) is 4.83. The first-order valence-corrected chi connectivity index (χ1v) is 7.31. The minimum atomic E-state index is -0.705. The fraction of sp³-hybridized carbons (Fsp3) is 0.188. The Balaban J connectivity index is 2.08. The van der Waals surface area contributed by atoms with E-state index in [1.807, 2.05) is 0 Å². The number of hydrogen-bond donors (Lipinski definition) is 1. The van der Waals surface area contributed by atoms with E-state index >= 15 is 0 Å². The number of halogens is 4. The third kappa shape index (κ3) is 3.96. The van der Waals surface area contributed by atoms with Crippen LogP contribution in [-0.2, 0) is 11.2 Å². The largest absolute Gasteiger partial charge is 0.349 e. The van der Waals surface area contributed by atoms with Crippen molar-refractivity contribution in [3.05, 3.63) is 69.2 Å². The van der Waals surface area contributed by atoms with Gasteiger partial charge in [0.15, 0.2) is 0 Å². The first-order valence-electron chi connectivity index (χ1n) is 6.55. The van der Waals surface area contributed by atoms with Crippen molar-refractivity contribution < 1.29 is 13.6 Å². The zero-order valence-corrected chi connectivity index (χ0v) is 13.2. The van der Waals surface area contributed by atoms with Crippen LogP contribution in [0.1, 0.15) is 24.1 Å². The van der Waals surface area contributed by atoms with E-state index in [-0.39, 0.29) is 17.9 Å². The molecule has 1 atom stereocenters. The van der Waals surface area contributed by atoms with Gasteiger partial charge in [0.05, 0.1) is 12.5 Å². The van der Waals surface area contributed by atoms with Crippen LogP contribution in [0, 0.1) is 11.6 Å². The van der Waals surface area contributed by atoms with E-state index in [0.29, 0.717) is 15.6 Å². The average molecular weight is 344 g/mol. The molecule has 0 aliphatic rings. The highest BCUT2D eigenvalue weighted by atomic mass is 35.5. The van der Waals surface area contributed by atoms with Crippen LogP contribution in [0.4, 0.5) is 8.78 Å². The maximum absolute atomic E-state index is 13.7. The van der Waals surface area contributed by atoms with Crippen molar-refractivity contribution in [1.29, 1.82) is 0 Å². The average Bonchev–Trinajstić information content (AvgIpc) is 2.42. The lowest BCUT2D eigenvalue weighted by atomic mass is 10.1. The molecule has 0 radical (unpaired) electrons. The topological polar surface area (TPSA) is 29.1 Å². The Morgan fingerprint density at radius 2 is 1.82 bits per heavy atom. The van der Waals surface area contributed by atoms with Crippen molar-refractivity contribution in [2.45, 2.75) is 19.4 Å². The number of benzene rings is 2. The van der Waals surface area contributed by atoms with Crippen LogP contribution in [0.3, 0.4) is 0 Å². The predicted octanol–water partition coefficient (Wildman–Crippen LogP) is 4.69. The van der Waals surface area contributed by atoms with Gasteiger partial charge in [-0.15, -0.1) is 0 Å². The van der Waals surface area contributed by atoms with Crippen molar-refractivity contribution in [3.63, 3.8) is 0 Å². The lowest BCUT2D eigenvalue weighted by molar-refractivity contribution is -0.121. The lowest BCUT2D eigenvalue weighted by Gasteiger charge is -2.16. The number of nitrogens with one attached hydrogen (secondary N) is 1. The van der Waals surface area contributed by atoms with Crippen LogP contribution < -0.4 is 5.32 Å². The van der Waals surface area contributed by atoms with Gasteiger partial charge in [-0.25, -0.2) is 8.78 Å². The summed E-state index contributed by atoms with van der Waals surface area (Å²) in [6, 6.07) is 7.59. The molecule has 116 valence electrons. The molecule has 0 aliphatic carbocycles. The third-order valence-corrected chi connectivity index (χ3v) is 3.91. The smallest absolute Gasteiger partial charge is 0.225 e. The molecule has 22 heavy (non-hydrogen) atoms. The van der Waals surface area contributed by atoms with Gasteiger partial charge in [0, 0.05) is 21.7 Å². The summed E-state index contributed by atoms with van der Waals surface area (Å²) in [6.07, 6.45) is -0.0222. The van der Waals surface area contributed by atoms with Crippen molar-refractivity contribution in [2.24, 2.45) is 0 Å². The Morgan fingerprint density at radius 1 is 1.18 bits per heavy atom. The van der Waals surface area contributed by atoms with Gasteiger partial charge in [0.2, 0.25) is 5.91 Å². The Hall–Kier alpha value is -1.65. The van der Waals surface area contributed by atoms with E-state index in [1.54, 1.807) is 25.1 Å². The van der Waals surface area contributed by atoms with Gasteiger partial charge < -0.3 is 5.32 Å². The Bertz CT molecular complexity index is 686. The van der Waals surface area contributed by atoms with Gasteiger partial charge in [0.25, 0.3) is 0 Å². The Morgan fingerprint density at radius 3 is 2.41 bits per heavy atom. The van der Waals surface area contributed by atoms with Gasteiger partial charge in [-0.2, -0.15) is 0 Å². The summed E-state index contributed by atoms with van der Waals surface area (Å²) < 4.78 is 26.6. The molecule has 0 fully saturated rings. The molecule has 2 aromatic carbocycles. The van der Waals surface area contributed by atoms with Crippen LogP contribution in [0.5, 0.6) is 0 Å². The zero-order valence-electron chi connectivity index (χ0n) is 11.7. The molecule has 2 rings (SSSR count). The molecule has 2 nitrogen and oxygen atoms in total. The molecule has 2 aromatic rings.